The number of carbonyl (C=O) groups is 1. The number of hydrogen-bond acceptors (Lipinski definition) is 5. The highest BCUT2D eigenvalue weighted by Gasteiger charge is 2.30. The van der Waals surface area contributed by atoms with Crippen molar-refractivity contribution in [2.24, 2.45) is 0 Å². The summed E-state index contributed by atoms with van der Waals surface area (Å²) < 4.78 is 32.3. The molecule has 0 aliphatic carbocycles. The molecule has 0 atom stereocenters. The summed E-state index contributed by atoms with van der Waals surface area (Å²) in [6, 6.07) is 8.41. The third-order valence-electron chi connectivity index (χ3n) is 4.70. The van der Waals surface area contributed by atoms with Crippen molar-refractivity contribution in [2.75, 3.05) is 45.9 Å². The molecule has 138 valence electrons. The highest BCUT2D eigenvalue weighted by atomic mass is 32.2. The van der Waals surface area contributed by atoms with Gasteiger partial charge in [0.1, 0.15) is 6.61 Å². The normalized spacial score (nSPS) is 20.6. The number of amides is 1. The lowest BCUT2D eigenvalue weighted by molar-refractivity contribution is -0.139. The SMILES string of the molecule is O=C(COC1CCNCC1)N1CCN(S(=O)(=O)c2ccccc2)CC1. The molecule has 0 saturated carbocycles. The minimum absolute atomic E-state index is 0.0599. The number of nitrogens with zero attached hydrogens (tertiary/aromatic N) is 2. The van der Waals surface area contributed by atoms with Crippen LogP contribution in [0.1, 0.15) is 12.8 Å². The zero-order valence-electron chi connectivity index (χ0n) is 14.3. The first-order chi connectivity index (χ1) is 12.1. The Labute approximate surface area is 149 Å². The van der Waals surface area contributed by atoms with Crippen molar-refractivity contribution >= 4 is 15.9 Å². The predicted octanol–water partition coefficient (Wildman–Crippen LogP) is 0.288. The van der Waals surface area contributed by atoms with Gasteiger partial charge in [0.15, 0.2) is 0 Å². The Balaban J connectivity index is 1.49. The fourth-order valence-corrected chi connectivity index (χ4v) is 4.61. The minimum atomic E-state index is -3.48. The van der Waals surface area contributed by atoms with Crippen molar-refractivity contribution in [3.05, 3.63) is 30.3 Å². The van der Waals surface area contributed by atoms with Crippen molar-refractivity contribution in [3.8, 4) is 0 Å². The number of benzene rings is 1. The number of hydrogen-bond donors (Lipinski definition) is 1. The van der Waals surface area contributed by atoms with Gasteiger partial charge in [0.2, 0.25) is 15.9 Å². The van der Waals surface area contributed by atoms with Gasteiger partial charge < -0.3 is 15.0 Å². The van der Waals surface area contributed by atoms with Gasteiger partial charge in [-0.1, -0.05) is 18.2 Å². The van der Waals surface area contributed by atoms with E-state index in [-0.39, 0.29) is 18.6 Å². The van der Waals surface area contributed by atoms with Crippen LogP contribution in [0.4, 0.5) is 0 Å². The van der Waals surface area contributed by atoms with E-state index in [9.17, 15) is 13.2 Å². The highest BCUT2D eigenvalue weighted by molar-refractivity contribution is 7.89. The van der Waals surface area contributed by atoms with Crippen molar-refractivity contribution in [1.82, 2.24) is 14.5 Å². The van der Waals surface area contributed by atoms with Gasteiger partial charge in [-0.15, -0.1) is 0 Å². The third-order valence-corrected chi connectivity index (χ3v) is 6.61. The number of ether oxygens (including phenoxy) is 1. The lowest BCUT2D eigenvalue weighted by atomic mass is 10.1. The van der Waals surface area contributed by atoms with Crippen LogP contribution in [-0.4, -0.2) is 75.5 Å². The summed E-state index contributed by atoms with van der Waals surface area (Å²) in [5.41, 5.74) is 0. The first-order valence-corrected chi connectivity index (χ1v) is 10.2. The zero-order valence-corrected chi connectivity index (χ0v) is 15.1. The fraction of sp³-hybridized carbons (Fsp3) is 0.588. The summed E-state index contributed by atoms with van der Waals surface area (Å²) in [4.78, 5) is 14.3. The molecule has 1 N–H and O–H groups in total. The van der Waals surface area contributed by atoms with E-state index in [1.54, 1.807) is 35.2 Å². The number of sulfonamides is 1. The zero-order chi connectivity index (χ0) is 17.7. The van der Waals surface area contributed by atoms with E-state index >= 15 is 0 Å². The van der Waals surface area contributed by atoms with Crippen LogP contribution in [0, 0.1) is 0 Å². The molecule has 0 aromatic heterocycles. The second-order valence-electron chi connectivity index (χ2n) is 6.36. The highest BCUT2D eigenvalue weighted by Crippen LogP contribution is 2.17. The summed E-state index contributed by atoms with van der Waals surface area (Å²) in [5.74, 6) is -0.0599. The van der Waals surface area contributed by atoms with E-state index in [1.807, 2.05) is 0 Å². The molecule has 3 rings (SSSR count). The van der Waals surface area contributed by atoms with E-state index < -0.39 is 10.0 Å². The van der Waals surface area contributed by atoms with Crippen LogP contribution < -0.4 is 5.32 Å². The van der Waals surface area contributed by atoms with Crippen LogP contribution in [0.5, 0.6) is 0 Å². The van der Waals surface area contributed by atoms with E-state index in [4.69, 9.17) is 4.74 Å². The maximum absolute atomic E-state index is 12.6. The van der Waals surface area contributed by atoms with Gasteiger partial charge in [-0.25, -0.2) is 8.42 Å². The molecule has 1 aromatic carbocycles. The Morgan fingerprint density at radius 1 is 1.08 bits per heavy atom. The average Bonchev–Trinajstić information content (AvgIpc) is 2.68. The molecule has 0 bridgehead atoms. The molecular weight excluding hydrogens is 342 g/mol. The van der Waals surface area contributed by atoms with Gasteiger partial charge in [0, 0.05) is 26.2 Å². The predicted molar refractivity (Wildman–Crippen MR) is 93.6 cm³/mol. The maximum atomic E-state index is 12.6. The molecule has 7 nitrogen and oxygen atoms in total. The molecule has 2 aliphatic heterocycles. The van der Waals surface area contributed by atoms with E-state index in [1.165, 1.54) is 4.31 Å². The summed E-state index contributed by atoms with van der Waals surface area (Å²) >= 11 is 0. The molecule has 25 heavy (non-hydrogen) atoms. The molecular formula is C17H25N3O4S. The van der Waals surface area contributed by atoms with Gasteiger partial charge in [0.05, 0.1) is 11.0 Å². The minimum Gasteiger partial charge on any atom is -0.368 e. The Hall–Kier alpha value is -1.48. The van der Waals surface area contributed by atoms with Crippen molar-refractivity contribution in [1.29, 1.82) is 0 Å². The van der Waals surface area contributed by atoms with E-state index in [0.29, 0.717) is 31.1 Å². The molecule has 2 fully saturated rings. The van der Waals surface area contributed by atoms with Crippen molar-refractivity contribution in [2.45, 2.75) is 23.8 Å². The third kappa shape index (κ3) is 4.58. The van der Waals surface area contributed by atoms with E-state index in [2.05, 4.69) is 5.32 Å². The molecule has 2 aliphatic rings. The number of carbonyl (C=O) groups excluding carboxylic acids is 1. The fourth-order valence-electron chi connectivity index (χ4n) is 3.16. The first kappa shape index (κ1) is 18.3. The lowest BCUT2D eigenvalue weighted by Crippen LogP contribution is -2.51. The topological polar surface area (TPSA) is 79.0 Å². The van der Waals surface area contributed by atoms with Gasteiger partial charge in [-0.05, 0) is 38.1 Å². The number of nitrogens with one attached hydrogen (secondary N) is 1. The van der Waals surface area contributed by atoms with Gasteiger partial charge in [-0.3, -0.25) is 4.79 Å². The standard InChI is InChI=1S/C17H25N3O4S/c21-17(14-24-15-6-8-18-9-7-15)19-10-12-20(13-11-19)25(22,23)16-4-2-1-3-5-16/h1-5,15,18H,6-14H2. The Bertz CT molecular complexity index is 666. The van der Waals surface area contributed by atoms with Crippen molar-refractivity contribution < 1.29 is 17.9 Å². The Kier molecular flexibility index (Phi) is 6.06. The largest absolute Gasteiger partial charge is 0.368 e. The molecule has 2 heterocycles. The number of piperazine rings is 1. The second-order valence-corrected chi connectivity index (χ2v) is 8.30. The average molecular weight is 367 g/mol. The Morgan fingerprint density at radius 2 is 1.72 bits per heavy atom. The maximum Gasteiger partial charge on any atom is 0.248 e. The number of rotatable bonds is 5. The Morgan fingerprint density at radius 3 is 2.36 bits per heavy atom. The summed E-state index contributed by atoms with van der Waals surface area (Å²) in [7, 11) is -3.48. The lowest BCUT2D eigenvalue weighted by Gasteiger charge is -2.34. The van der Waals surface area contributed by atoms with Crippen LogP contribution in [0.15, 0.2) is 35.2 Å². The molecule has 1 aromatic rings. The molecule has 0 unspecified atom stereocenters. The van der Waals surface area contributed by atoms with E-state index in [0.717, 1.165) is 25.9 Å². The van der Waals surface area contributed by atoms with Gasteiger partial charge in [0.25, 0.3) is 0 Å². The van der Waals surface area contributed by atoms with Crippen LogP contribution >= 0.6 is 0 Å². The molecule has 8 heteroatoms. The summed E-state index contributed by atoms with van der Waals surface area (Å²) in [6.45, 7) is 3.37. The van der Waals surface area contributed by atoms with Gasteiger partial charge in [-0.2, -0.15) is 4.31 Å². The van der Waals surface area contributed by atoms with Crippen LogP contribution in [-0.2, 0) is 19.6 Å². The monoisotopic (exact) mass is 367 g/mol. The summed E-state index contributed by atoms with van der Waals surface area (Å²) in [5, 5.41) is 3.26. The second kappa shape index (κ2) is 8.27. The van der Waals surface area contributed by atoms with Crippen LogP contribution in [0.25, 0.3) is 0 Å². The molecule has 1 amide bonds. The molecule has 0 radical (unpaired) electrons. The quantitative estimate of drug-likeness (QED) is 0.809. The summed E-state index contributed by atoms with van der Waals surface area (Å²) in [6.07, 6.45) is 2.00. The van der Waals surface area contributed by atoms with Crippen molar-refractivity contribution in [3.63, 3.8) is 0 Å². The molecule has 0 spiro atoms. The van der Waals surface area contributed by atoms with Crippen LogP contribution in [0.3, 0.4) is 0 Å². The van der Waals surface area contributed by atoms with Crippen LogP contribution in [0.2, 0.25) is 0 Å². The smallest absolute Gasteiger partial charge is 0.248 e. The van der Waals surface area contributed by atoms with Gasteiger partial charge >= 0.3 is 0 Å². The molecule has 2 saturated heterocycles. The number of piperidine rings is 1. The first-order valence-electron chi connectivity index (χ1n) is 8.72.